The van der Waals surface area contributed by atoms with Gasteiger partial charge in [0.1, 0.15) is 6.04 Å². The molecule has 4 nitrogen and oxygen atoms in total. The summed E-state index contributed by atoms with van der Waals surface area (Å²) in [4.78, 5) is 14.3. The molecule has 1 amide bonds. The standard InChI is InChI=1S/C16H26N2O2.ClH/c1-4-5-10-18(11-12-20-3)16(19)15(17)14-8-6-13(2)7-9-14;/h6-9,15H,4-5,10-12,17H2,1-3H3;1H. The molecule has 1 aromatic carbocycles. The van der Waals surface area contributed by atoms with Crippen LogP contribution in [-0.4, -0.2) is 37.6 Å². The number of benzene rings is 1. The predicted molar refractivity (Wildman–Crippen MR) is 88.7 cm³/mol. The van der Waals surface area contributed by atoms with Crippen LogP contribution < -0.4 is 5.73 Å². The Morgan fingerprint density at radius 1 is 1.29 bits per heavy atom. The first-order valence-electron chi connectivity index (χ1n) is 7.20. The van der Waals surface area contributed by atoms with E-state index in [1.165, 1.54) is 0 Å². The molecule has 21 heavy (non-hydrogen) atoms. The molecule has 0 saturated carbocycles. The van der Waals surface area contributed by atoms with E-state index < -0.39 is 6.04 Å². The van der Waals surface area contributed by atoms with Gasteiger partial charge >= 0.3 is 0 Å². The Hall–Kier alpha value is -1.10. The number of nitrogens with zero attached hydrogens (tertiary/aromatic N) is 1. The average Bonchev–Trinajstić information content (AvgIpc) is 2.47. The van der Waals surface area contributed by atoms with Crippen LogP contribution in [0.25, 0.3) is 0 Å². The molecule has 0 heterocycles. The summed E-state index contributed by atoms with van der Waals surface area (Å²) < 4.78 is 5.07. The van der Waals surface area contributed by atoms with Crippen LogP contribution in [-0.2, 0) is 9.53 Å². The number of amides is 1. The van der Waals surface area contributed by atoms with Crippen LogP contribution in [0, 0.1) is 6.92 Å². The van der Waals surface area contributed by atoms with Crippen molar-refractivity contribution in [2.24, 2.45) is 5.73 Å². The van der Waals surface area contributed by atoms with E-state index in [1.807, 2.05) is 31.2 Å². The SMILES string of the molecule is CCCCN(CCOC)C(=O)C(N)c1ccc(C)cc1.Cl. The Kier molecular flexibility index (Phi) is 10.0. The molecule has 5 heteroatoms. The molecular weight excluding hydrogens is 288 g/mol. The number of hydrogen-bond donors (Lipinski definition) is 1. The Bertz CT molecular complexity index is 401. The molecule has 1 unspecified atom stereocenters. The summed E-state index contributed by atoms with van der Waals surface area (Å²) in [6, 6.07) is 7.21. The Labute approximate surface area is 134 Å². The summed E-state index contributed by atoms with van der Waals surface area (Å²) in [5.74, 6) is -0.0284. The van der Waals surface area contributed by atoms with Crippen molar-refractivity contribution < 1.29 is 9.53 Å². The van der Waals surface area contributed by atoms with Gasteiger partial charge in [-0.25, -0.2) is 0 Å². The van der Waals surface area contributed by atoms with E-state index in [4.69, 9.17) is 10.5 Å². The van der Waals surface area contributed by atoms with Gasteiger partial charge in [-0.2, -0.15) is 0 Å². The Morgan fingerprint density at radius 3 is 2.43 bits per heavy atom. The van der Waals surface area contributed by atoms with E-state index >= 15 is 0 Å². The van der Waals surface area contributed by atoms with Gasteiger partial charge in [-0.1, -0.05) is 43.2 Å². The van der Waals surface area contributed by atoms with Crippen molar-refractivity contribution in [2.75, 3.05) is 26.8 Å². The molecule has 0 aliphatic carbocycles. The zero-order chi connectivity index (χ0) is 15.0. The molecule has 0 spiro atoms. The third-order valence-corrected chi connectivity index (χ3v) is 3.36. The second-order valence-corrected chi connectivity index (χ2v) is 5.06. The van der Waals surface area contributed by atoms with Crippen molar-refractivity contribution in [2.45, 2.75) is 32.7 Å². The number of methoxy groups -OCH3 is 1. The largest absolute Gasteiger partial charge is 0.383 e. The van der Waals surface area contributed by atoms with Crippen LogP contribution in [0.15, 0.2) is 24.3 Å². The summed E-state index contributed by atoms with van der Waals surface area (Å²) in [7, 11) is 1.64. The van der Waals surface area contributed by atoms with Crippen molar-refractivity contribution >= 4 is 18.3 Å². The van der Waals surface area contributed by atoms with Gasteiger partial charge in [-0.05, 0) is 18.9 Å². The van der Waals surface area contributed by atoms with Crippen LogP contribution in [0.1, 0.15) is 36.9 Å². The Balaban J connectivity index is 0.00000400. The second-order valence-electron chi connectivity index (χ2n) is 5.06. The van der Waals surface area contributed by atoms with Crippen molar-refractivity contribution in [3.63, 3.8) is 0 Å². The highest BCUT2D eigenvalue weighted by atomic mass is 35.5. The monoisotopic (exact) mass is 314 g/mol. The number of halogens is 1. The molecule has 0 fully saturated rings. The molecule has 0 aliphatic heterocycles. The number of nitrogens with two attached hydrogens (primary N) is 1. The quantitative estimate of drug-likeness (QED) is 0.802. The molecule has 1 atom stereocenters. The highest BCUT2D eigenvalue weighted by Crippen LogP contribution is 2.14. The van der Waals surface area contributed by atoms with E-state index in [9.17, 15) is 4.79 Å². The zero-order valence-electron chi connectivity index (χ0n) is 13.2. The fourth-order valence-corrected chi connectivity index (χ4v) is 2.00. The van der Waals surface area contributed by atoms with Crippen LogP contribution in [0.5, 0.6) is 0 Å². The van der Waals surface area contributed by atoms with E-state index in [-0.39, 0.29) is 18.3 Å². The fourth-order valence-electron chi connectivity index (χ4n) is 2.00. The summed E-state index contributed by atoms with van der Waals surface area (Å²) in [6.07, 6.45) is 2.03. The van der Waals surface area contributed by atoms with Crippen LogP contribution in [0.4, 0.5) is 0 Å². The number of hydrogen-bond acceptors (Lipinski definition) is 3. The topological polar surface area (TPSA) is 55.6 Å². The minimum atomic E-state index is -0.593. The highest BCUT2D eigenvalue weighted by Gasteiger charge is 2.21. The smallest absolute Gasteiger partial charge is 0.244 e. The number of rotatable bonds is 8. The average molecular weight is 315 g/mol. The molecule has 0 saturated heterocycles. The second kappa shape index (κ2) is 10.6. The molecular formula is C16H27ClN2O2. The molecule has 0 radical (unpaired) electrons. The normalized spacial score (nSPS) is 11.6. The number of carbonyl (C=O) groups excluding carboxylic acids is 1. The number of carbonyl (C=O) groups is 1. The molecule has 2 N–H and O–H groups in total. The third-order valence-electron chi connectivity index (χ3n) is 3.36. The van der Waals surface area contributed by atoms with Crippen molar-refractivity contribution in [3.05, 3.63) is 35.4 Å². The maximum Gasteiger partial charge on any atom is 0.244 e. The molecule has 1 rings (SSSR count). The minimum Gasteiger partial charge on any atom is -0.383 e. The van der Waals surface area contributed by atoms with E-state index in [1.54, 1.807) is 12.0 Å². The summed E-state index contributed by atoms with van der Waals surface area (Å²) in [5.41, 5.74) is 8.12. The van der Waals surface area contributed by atoms with Crippen molar-refractivity contribution in [3.8, 4) is 0 Å². The van der Waals surface area contributed by atoms with Gasteiger partial charge < -0.3 is 15.4 Å². The zero-order valence-corrected chi connectivity index (χ0v) is 14.0. The lowest BCUT2D eigenvalue weighted by molar-refractivity contribution is -0.133. The lowest BCUT2D eigenvalue weighted by atomic mass is 10.0. The summed E-state index contributed by atoms with van der Waals surface area (Å²) in [5, 5.41) is 0. The van der Waals surface area contributed by atoms with Crippen LogP contribution >= 0.6 is 12.4 Å². The number of unbranched alkanes of at least 4 members (excludes halogenated alkanes) is 1. The van der Waals surface area contributed by atoms with Gasteiger partial charge in [0.25, 0.3) is 0 Å². The van der Waals surface area contributed by atoms with Gasteiger partial charge in [-0.3, -0.25) is 4.79 Å². The third kappa shape index (κ3) is 6.46. The van der Waals surface area contributed by atoms with Crippen molar-refractivity contribution in [1.29, 1.82) is 0 Å². The van der Waals surface area contributed by atoms with Crippen LogP contribution in [0.3, 0.4) is 0 Å². The molecule has 120 valence electrons. The predicted octanol–water partition coefficient (Wildman–Crippen LogP) is 2.69. The molecule has 0 aliphatic rings. The maximum atomic E-state index is 12.5. The van der Waals surface area contributed by atoms with Gasteiger partial charge in [0.2, 0.25) is 5.91 Å². The summed E-state index contributed by atoms with van der Waals surface area (Å²) >= 11 is 0. The molecule has 1 aromatic rings. The maximum absolute atomic E-state index is 12.5. The lowest BCUT2D eigenvalue weighted by Gasteiger charge is -2.25. The highest BCUT2D eigenvalue weighted by molar-refractivity contribution is 5.85. The van der Waals surface area contributed by atoms with Crippen LogP contribution in [0.2, 0.25) is 0 Å². The van der Waals surface area contributed by atoms with Gasteiger partial charge in [0.05, 0.1) is 6.61 Å². The van der Waals surface area contributed by atoms with Gasteiger partial charge in [0.15, 0.2) is 0 Å². The van der Waals surface area contributed by atoms with Gasteiger partial charge in [-0.15, -0.1) is 12.4 Å². The number of aryl methyl sites for hydroxylation is 1. The van der Waals surface area contributed by atoms with E-state index in [2.05, 4.69) is 6.92 Å². The minimum absolute atomic E-state index is 0. The first kappa shape index (κ1) is 19.9. The molecule has 0 aromatic heterocycles. The first-order chi connectivity index (χ1) is 9.60. The lowest BCUT2D eigenvalue weighted by Crippen LogP contribution is -2.41. The van der Waals surface area contributed by atoms with E-state index in [0.29, 0.717) is 13.2 Å². The van der Waals surface area contributed by atoms with E-state index in [0.717, 1.165) is 30.5 Å². The summed E-state index contributed by atoms with van der Waals surface area (Å²) in [6.45, 7) is 5.99. The first-order valence-corrected chi connectivity index (χ1v) is 7.20. The number of ether oxygens (including phenoxy) is 1. The molecule has 0 bridgehead atoms. The fraction of sp³-hybridized carbons (Fsp3) is 0.562. The Morgan fingerprint density at radius 2 is 1.90 bits per heavy atom. The van der Waals surface area contributed by atoms with Gasteiger partial charge in [0, 0.05) is 20.2 Å². The van der Waals surface area contributed by atoms with Crippen molar-refractivity contribution in [1.82, 2.24) is 4.90 Å².